The highest BCUT2D eigenvalue weighted by Crippen LogP contribution is 2.37. The summed E-state index contributed by atoms with van der Waals surface area (Å²) in [4.78, 5) is 37.1. The molecule has 0 unspecified atom stereocenters. The lowest BCUT2D eigenvalue weighted by molar-refractivity contribution is -0.137. The standard InChI is InChI=1S/C25H21ClF4N6O3/c26-15-1-2-20(18(6-15)25(28,29)30)36-17-7-19(27)21(33-10-17)11-34-23(38)24(3-4-39-13-24)12-35-22(37)14-5-16(31)9-32-8-14/h1-2,5-10,12,36H,3-4,11,13,31H2,(H,34,38)/t24-/m0/s1. The highest BCUT2D eigenvalue weighted by atomic mass is 35.5. The number of hydrogen-bond acceptors (Lipinski definition) is 7. The van der Waals surface area contributed by atoms with Crippen LogP contribution in [-0.4, -0.2) is 41.2 Å². The van der Waals surface area contributed by atoms with Crippen molar-refractivity contribution in [1.29, 1.82) is 0 Å². The third-order valence-electron chi connectivity index (χ3n) is 5.84. The molecule has 0 saturated carbocycles. The van der Waals surface area contributed by atoms with Crippen molar-refractivity contribution in [2.45, 2.75) is 19.1 Å². The van der Waals surface area contributed by atoms with Crippen molar-refractivity contribution in [1.82, 2.24) is 15.3 Å². The Hall–Kier alpha value is -4.10. The highest BCUT2D eigenvalue weighted by molar-refractivity contribution is 6.30. The molecule has 1 atom stereocenters. The molecule has 0 aliphatic carbocycles. The first-order valence-corrected chi connectivity index (χ1v) is 11.8. The lowest BCUT2D eigenvalue weighted by Crippen LogP contribution is -2.43. The van der Waals surface area contributed by atoms with E-state index in [2.05, 4.69) is 25.6 Å². The minimum Gasteiger partial charge on any atom is -0.397 e. The van der Waals surface area contributed by atoms with E-state index in [4.69, 9.17) is 22.1 Å². The lowest BCUT2D eigenvalue weighted by Gasteiger charge is -2.21. The van der Waals surface area contributed by atoms with E-state index >= 15 is 0 Å². The van der Waals surface area contributed by atoms with Crippen LogP contribution in [-0.2, 0) is 22.3 Å². The van der Waals surface area contributed by atoms with E-state index in [1.54, 1.807) is 0 Å². The van der Waals surface area contributed by atoms with Gasteiger partial charge in [0.1, 0.15) is 11.2 Å². The zero-order valence-electron chi connectivity index (χ0n) is 20.1. The molecule has 4 N–H and O–H groups in total. The number of anilines is 3. The Kier molecular flexibility index (Phi) is 8.11. The third-order valence-corrected chi connectivity index (χ3v) is 6.07. The SMILES string of the molecule is Nc1cncc(C(=O)N=C[C@@]2(C(=O)NCc3ncc(Nc4ccc(Cl)cc4C(F)(F)F)cc3F)CCOC2)c1. The summed E-state index contributed by atoms with van der Waals surface area (Å²) >= 11 is 5.68. The number of aliphatic imine (C=N–C) groups is 1. The third kappa shape index (κ3) is 6.67. The van der Waals surface area contributed by atoms with Crippen LogP contribution in [0, 0.1) is 11.2 Å². The normalized spacial score (nSPS) is 17.4. The van der Waals surface area contributed by atoms with Crippen LogP contribution < -0.4 is 16.4 Å². The number of carbonyl (C=O) groups excluding carboxylic acids is 2. The Balaban J connectivity index is 1.44. The van der Waals surface area contributed by atoms with Gasteiger partial charge in [-0.15, -0.1) is 0 Å². The number of halogens is 5. The molecule has 3 aromatic rings. The Bertz CT molecular complexity index is 1430. The van der Waals surface area contributed by atoms with E-state index in [0.717, 1.165) is 24.4 Å². The average molecular weight is 565 g/mol. The minimum atomic E-state index is -4.69. The van der Waals surface area contributed by atoms with Crippen molar-refractivity contribution in [3.05, 3.63) is 76.6 Å². The van der Waals surface area contributed by atoms with Crippen molar-refractivity contribution in [2.24, 2.45) is 10.4 Å². The van der Waals surface area contributed by atoms with E-state index in [-0.39, 0.29) is 59.5 Å². The Morgan fingerprint density at radius 2 is 2.00 bits per heavy atom. The van der Waals surface area contributed by atoms with Gasteiger partial charge in [0.25, 0.3) is 5.91 Å². The maximum atomic E-state index is 14.7. The maximum Gasteiger partial charge on any atom is 0.418 e. The molecule has 39 heavy (non-hydrogen) atoms. The number of hydrogen-bond donors (Lipinski definition) is 3. The van der Waals surface area contributed by atoms with Crippen molar-refractivity contribution >= 4 is 46.7 Å². The Morgan fingerprint density at radius 3 is 2.67 bits per heavy atom. The van der Waals surface area contributed by atoms with Crippen molar-refractivity contribution < 1.29 is 31.9 Å². The fourth-order valence-electron chi connectivity index (χ4n) is 3.77. The van der Waals surface area contributed by atoms with Crippen molar-refractivity contribution in [3.63, 3.8) is 0 Å². The average Bonchev–Trinajstić information content (AvgIpc) is 3.37. The predicted octanol–water partition coefficient (Wildman–Crippen LogP) is 4.55. The molecule has 0 radical (unpaired) electrons. The topological polar surface area (TPSA) is 132 Å². The number of nitrogen functional groups attached to an aromatic ring is 1. The number of benzene rings is 1. The van der Waals surface area contributed by atoms with Crippen LogP contribution in [0.2, 0.25) is 5.02 Å². The summed E-state index contributed by atoms with van der Waals surface area (Å²) in [5.74, 6) is -2.08. The van der Waals surface area contributed by atoms with Crippen LogP contribution in [0.1, 0.15) is 28.0 Å². The van der Waals surface area contributed by atoms with Gasteiger partial charge in [-0.05, 0) is 30.7 Å². The van der Waals surface area contributed by atoms with Gasteiger partial charge in [0.05, 0.1) is 53.2 Å². The molecule has 14 heteroatoms. The summed E-state index contributed by atoms with van der Waals surface area (Å²) in [5, 5.41) is 4.94. The fraction of sp³-hybridized carbons (Fsp3) is 0.240. The number of rotatable bonds is 7. The number of carbonyl (C=O) groups is 2. The van der Waals surface area contributed by atoms with E-state index < -0.39 is 34.8 Å². The molecule has 3 heterocycles. The van der Waals surface area contributed by atoms with E-state index in [9.17, 15) is 27.2 Å². The first kappa shape index (κ1) is 27.9. The highest BCUT2D eigenvalue weighted by Gasteiger charge is 2.41. The summed E-state index contributed by atoms with van der Waals surface area (Å²) in [6.45, 7) is -0.139. The number of nitrogens with two attached hydrogens (primary N) is 1. The van der Waals surface area contributed by atoms with Crippen molar-refractivity contribution in [2.75, 3.05) is 24.3 Å². The predicted molar refractivity (Wildman–Crippen MR) is 135 cm³/mol. The van der Waals surface area contributed by atoms with Gasteiger partial charge in [-0.1, -0.05) is 11.6 Å². The summed E-state index contributed by atoms with van der Waals surface area (Å²) in [6.07, 6.45) is 0.523. The van der Waals surface area contributed by atoms with Gasteiger partial charge in [-0.25, -0.2) is 9.38 Å². The van der Waals surface area contributed by atoms with Gasteiger partial charge < -0.3 is 21.1 Å². The van der Waals surface area contributed by atoms with Crippen LogP contribution >= 0.6 is 11.6 Å². The number of ether oxygens (including phenoxy) is 1. The maximum absolute atomic E-state index is 14.7. The second-order valence-corrected chi connectivity index (χ2v) is 9.11. The van der Waals surface area contributed by atoms with Gasteiger partial charge in [0.2, 0.25) is 5.91 Å². The molecule has 204 valence electrons. The minimum absolute atomic E-state index is 0.0438. The molecule has 2 aromatic heterocycles. The first-order chi connectivity index (χ1) is 18.5. The number of aromatic nitrogens is 2. The molecule has 1 aliphatic rings. The lowest BCUT2D eigenvalue weighted by atomic mass is 9.87. The molecule has 9 nitrogen and oxygen atoms in total. The molecular weight excluding hydrogens is 544 g/mol. The van der Waals surface area contributed by atoms with Gasteiger partial charge >= 0.3 is 6.18 Å². The van der Waals surface area contributed by atoms with E-state index in [1.165, 1.54) is 30.7 Å². The Labute approximate surface area is 224 Å². The number of pyridine rings is 2. The number of amides is 2. The van der Waals surface area contributed by atoms with Gasteiger partial charge in [0.15, 0.2) is 0 Å². The van der Waals surface area contributed by atoms with Gasteiger partial charge in [-0.2, -0.15) is 13.2 Å². The van der Waals surface area contributed by atoms with Crippen LogP contribution in [0.3, 0.4) is 0 Å². The number of nitrogens with zero attached hydrogens (tertiary/aromatic N) is 3. The molecule has 4 rings (SSSR count). The second-order valence-electron chi connectivity index (χ2n) is 8.68. The smallest absolute Gasteiger partial charge is 0.397 e. The van der Waals surface area contributed by atoms with Crippen LogP contribution in [0.25, 0.3) is 0 Å². The van der Waals surface area contributed by atoms with E-state index in [0.29, 0.717) is 0 Å². The van der Waals surface area contributed by atoms with Crippen LogP contribution in [0.5, 0.6) is 0 Å². The monoisotopic (exact) mass is 564 g/mol. The summed E-state index contributed by atoms with van der Waals surface area (Å²) < 4.78 is 60.1. The van der Waals surface area contributed by atoms with Crippen LogP contribution in [0.15, 0.2) is 53.9 Å². The largest absolute Gasteiger partial charge is 0.418 e. The molecule has 1 aromatic carbocycles. The van der Waals surface area contributed by atoms with Gasteiger partial charge in [-0.3, -0.25) is 19.6 Å². The molecule has 1 fully saturated rings. The van der Waals surface area contributed by atoms with Crippen LogP contribution in [0.4, 0.5) is 34.6 Å². The summed E-state index contributed by atoms with van der Waals surface area (Å²) in [5.41, 5.74) is 3.21. The molecule has 0 bridgehead atoms. The molecular formula is C25H21ClF4N6O3. The molecule has 2 amide bonds. The number of alkyl halides is 3. The summed E-state index contributed by atoms with van der Waals surface area (Å²) in [7, 11) is 0. The quantitative estimate of drug-likeness (QED) is 0.283. The second kappa shape index (κ2) is 11.3. The first-order valence-electron chi connectivity index (χ1n) is 11.4. The zero-order chi connectivity index (χ0) is 28.2. The van der Waals surface area contributed by atoms with E-state index in [1.807, 2.05) is 0 Å². The fourth-order valence-corrected chi connectivity index (χ4v) is 3.94. The molecule has 1 aliphatic heterocycles. The van der Waals surface area contributed by atoms with Crippen molar-refractivity contribution in [3.8, 4) is 0 Å². The number of nitrogens with one attached hydrogen (secondary N) is 2. The Morgan fingerprint density at radius 1 is 1.21 bits per heavy atom. The van der Waals surface area contributed by atoms with Gasteiger partial charge in [0, 0.05) is 36.3 Å². The summed E-state index contributed by atoms with van der Waals surface area (Å²) in [6, 6.07) is 5.49. The molecule has 0 spiro atoms. The zero-order valence-corrected chi connectivity index (χ0v) is 20.8. The molecule has 1 saturated heterocycles.